The molecule has 0 aromatic heterocycles. The first-order chi connectivity index (χ1) is 7.44. The molecule has 1 fully saturated rings. The first kappa shape index (κ1) is 13.4. The molecule has 0 radical (unpaired) electrons. The van der Waals surface area contributed by atoms with Gasteiger partial charge < -0.3 is 0 Å². The average molecular weight is 289 g/mol. The van der Waals surface area contributed by atoms with E-state index < -0.39 is 5.60 Å². The summed E-state index contributed by atoms with van der Waals surface area (Å²) in [6, 6.07) is 0.163. The number of rotatable bonds is 2. The van der Waals surface area contributed by atoms with Crippen LogP contribution in [0.25, 0.3) is 0 Å². The Bertz CT molecular complexity index is 306. The third kappa shape index (κ3) is 4.09. The van der Waals surface area contributed by atoms with Gasteiger partial charge in [0.2, 0.25) is 0 Å². The monoisotopic (exact) mass is 290 g/mol. The number of amides is 1. The Morgan fingerprint density at radius 2 is 2.31 bits per heavy atom. The van der Waals surface area contributed by atoms with Crippen molar-refractivity contribution in [2.24, 2.45) is 4.99 Å². The first-order valence-corrected chi connectivity index (χ1v) is 6.33. The van der Waals surface area contributed by atoms with Crippen LogP contribution in [0.15, 0.2) is 4.99 Å². The van der Waals surface area contributed by atoms with E-state index in [0.29, 0.717) is 6.54 Å². The molecule has 0 spiro atoms. The minimum absolute atomic E-state index is 0.163. The fourth-order valence-corrected chi connectivity index (χ4v) is 1.89. The number of hydrogen-bond acceptors (Lipinski definition) is 3. The van der Waals surface area contributed by atoms with Crippen molar-refractivity contribution in [3.8, 4) is 0 Å². The molecule has 16 heavy (non-hydrogen) atoms. The second-order valence-electron chi connectivity index (χ2n) is 4.90. The fourth-order valence-electron chi connectivity index (χ4n) is 1.73. The van der Waals surface area contributed by atoms with Gasteiger partial charge in [0.25, 0.3) is 0 Å². The number of likely N-dealkylation sites (tertiary alicyclic amines) is 1. The number of hydrogen-bond donors (Lipinski definition) is 0. The average Bonchev–Trinajstić information content (AvgIpc) is 2.59. The molecule has 4 nitrogen and oxygen atoms in total. The Morgan fingerprint density at radius 1 is 1.62 bits per heavy atom. The van der Waals surface area contributed by atoms with Crippen LogP contribution < -0.4 is 0 Å². The number of carbonyl (C=O) groups is 1. The van der Waals surface area contributed by atoms with Crippen molar-refractivity contribution in [2.75, 3.05) is 13.1 Å². The van der Waals surface area contributed by atoms with Gasteiger partial charge in [-0.3, -0.25) is 0 Å². The molecule has 0 bridgehead atoms. The Labute approximate surface area is 104 Å². The number of aliphatic imine (C=N–C) groups is 1. The van der Waals surface area contributed by atoms with Crippen molar-refractivity contribution < 1.29 is 9.53 Å². The summed E-state index contributed by atoms with van der Waals surface area (Å²) in [6.45, 7) is 7.00. The quantitative estimate of drug-likeness (QED) is 0.570. The molecule has 0 saturated carbocycles. The predicted molar refractivity (Wildman–Crippen MR) is 64.0 cm³/mol. The molecule has 1 atom stereocenters. The number of nitrogens with zero attached hydrogens (tertiary/aromatic N) is 2. The molecule has 1 unspecified atom stereocenters. The summed E-state index contributed by atoms with van der Waals surface area (Å²) in [7, 11) is 0. The van der Waals surface area contributed by atoms with Gasteiger partial charge in [-0.25, -0.2) is 0 Å². The van der Waals surface area contributed by atoms with E-state index in [-0.39, 0.29) is 12.1 Å². The van der Waals surface area contributed by atoms with Crippen molar-refractivity contribution in [1.82, 2.24) is 4.90 Å². The summed E-state index contributed by atoms with van der Waals surface area (Å²) in [5.41, 5.74) is -0.432. The van der Waals surface area contributed by atoms with Crippen molar-refractivity contribution >= 4 is 26.4 Å². The molecule has 0 aromatic rings. The summed E-state index contributed by atoms with van der Waals surface area (Å²) in [6.07, 6.45) is 1.78. The molecule has 1 amide bonds. The summed E-state index contributed by atoms with van der Waals surface area (Å²) < 4.78 is 7.97. The SMILES string of the molecule is CC(C)(C)OC(=O)N1CCCC1CN=C=[Se]. The van der Waals surface area contributed by atoms with Gasteiger partial charge >= 0.3 is 104 Å². The molecule has 1 rings (SSSR count). The predicted octanol–water partition coefficient (Wildman–Crippen LogP) is 1.46. The summed E-state index contributed by atoms with van der Waals surface area (Å²) >= 11 is 2.60. The molecule has 1 aliphatic rings. The van der Waals surface area contributed by atoms with Gasteiger partial charge in [0.1, 0.15) is 0 Å². The molecule has 1 saturated heterocycles. The maximum atomic E-state index is 11.9. The van der Waals surface area contributed by atoms with E-state index in [4.69, 9.17) is 4.74 Å². The normalized spacial score (nSPS) is 20.4. The number of ether oxygens (including phenoxy) is 1. The second-order valence-corrected chi connectivity index (χ2v) is 5.28. The van der Waals surface area contributed by atoms with Crippen molar-refractivity contribution in [3.63, 3.8) is 0 Å². The Morgan fingerprint density at radius 3 is 2.88 bits per heavy atom. The van der Waals surface area contributed by atoms with E-state index in [9.17, 15) is 4.79 Å². The third-order valence-corrected chi connectivity index (χ3v) is 2.64. The van der Waals surface area contributed by atoms with Crippen LogP contribution in [0.2, 0.25) is 0 Å². The van der Waals surface area contributed by atoms with Gasteiger partial charge in [0.15, 0.2) is 0 Å². The molecule has 5 heteroatoms. The van der Waals surface area contributed by atoms with E-state index in [1.54, 1.807) is 4.90 Å². The van der Waals surface area contributed by atoms with Crippen LogP contribution in [0.4, 0.5) is 4.79 Å². The molecule has 90 valence electrons. The zero-order chi connectivity index (χ0) is 12.2. The van der Waals surface area contributed by atoms with Gasteiger partial charge in [-0.15, -0.1) is 0 Å². The van der Waals surface area contributed by atoms with Gasteiger partial charge in [-0.05, 0) is 0 Å². The molecule has 1 heterocycles. The van der Waals surface area contributed by atoms with E-state index >= 15 is 0 Å². The van der Waals surface area contributed by atoms with E-state index in [2.05, 4.69) is 25.3 Å². The molecule has 0 aromatic carbocycles. The topological polar surface area (TPSA) is 41.9 Å². The van der Waals surface area contributed by atoms with Crippen LogP contribution in [0, 0.1) is 0 Å². The van der Waals surface area contributed by atoms with E-state index in [1.165, 1.54) is 0 Å². The Hall–Kier alpha value is -0.631. The summed E-state index contributed by atoms with van der Waals surface area (Å²) in [5, 5.41) is 0. The van der Waals surface area contributed by atoms with E-state index in [1.807, 2.05) is 20.8 Å². The van der Waals surface area contributed by atoms with Gasteiger partial charge in [0, 0.05) is 0 Å². The molecular weight excluding hydrogens is 271 g/mol. The van der Waals surface area contributed by atoms with Crippen LogP contribution in [0.1, 0.15) is 33.6 Å². The van der Waals surface area contributed by atoms with Crippen LogP contribution in [0.5, 0.6) is 0 Å². The number of carbonyl (C=O) groups excluding carboxylic acids is 1. The first-order valence-electron chi connectivity index (χ1n) is 5.47. The third-order valence-electron chi connectivity index (χ3n) is 2.37. The van der Waals surface area contributed by atoms with Crippen LogP contribution in [-0.2, 0) is 4.74 Å². The van der Waals surface area contributed by atoms with E-state index in [0.717, 1.165) is 19.4 Å². The van der Waals surface area contributed by atoms with Crippen LogP contribution in [-0.4, -0.2) is 56.0 Å². The van der Waals surface area contributed by atoms with Gasteiger partial charge in [-0.2, -0.15) is 0 Å². The zero-order valence-corrected chi connectivity index (χ0v) is 11.7. The zero-order valence-electron chi connectivity index (χ0n) is 10.0. The van der Waals surface area contributed by atoms with Crippen LogP contribution >= 0.6 is 0 Å². The molecule has 1 aliphatic heterocycles. The van der Waals surface area contributed by atoms with Gasteiger partial charge in [-0.1, -0.05) is 0 Å². The Balaban J connectivity index is 2.57. The maximum absolute atomic E-state index is 11.9. The van der Waals surface area contributed by atoms with Gasteiger partial charge in [0.05, 0.1) is 0 Å². The second kappa shape index (κ2) is 5.62. The van der Waals surface area contributed by atoms with Crippen molar-refractivity contribution in [2.45, 2.75) is 45.3 Å². The molecular formula is C11H18N2O2Se. The van der Waals surface area contributed by atoms with Crippen LogP contribution in [0.3, 0.4) is 0 Å². The minimum atomic E-state index is -0.432. The fraction of sp³-hybridized carbons (Fsp3) is 0.818. The Kier molecular flexibility index (Phi) is 4.72. The molecule has 0 aliphatic carbocycles. The summed E-state index contributed by atoms with van der Waals surface area (Å²) in [4.78, 5) is 17.7. The standard InChI is InChI=1S/C11H18N2O2Se/c1-11(2,3)15-10(14)13-6-4-5-9(13)7-12-8-16/h9H,4-7H2,1-3H3. The van der Waals surface area contributed by atoms with Crippen molar-refractivity contribution in [1.29, 1.82) is 0 Å². The summed E-state index contributed by atoms with van der Waals surface area (Å²) in [5.74, 6) is 0. The van der Waals surface area contributed by atoms with Crippen molar-refractivity contribution in [3.05, 3.63) is 0 Å². The molecule has 0 N–H and O–H groups in total.